The maximum absolute atomic E-state index is 12.6. The molecule has 0 amide bonds. The van der Waals surface area contributed by atoms with E-state index in [4.69, 9.17) is 9.72 Å². The van der Waals surface area contributed by atoms with Gasteiger partial charge < -0.3 is 15.0 Å². The van der Waals surface area contributed by atoms with Gasteiger partial charge in [-0.15, -0.1) is 0 Å². The van der Waals surface area contributed by atoms with Gasteiger partial charge in [-0.25, -0.2) is 18.4 Å². The van der Waals surface area contributed by atoms with Crippen molar-refractivity contribution in [3.63, 3.8) is 0 Å². The molecule has 0 atom stereocenters. The van der Waals surface area contributed by atoms with Crippen molar-refractivity contribution in [3.05, 3.63) is 102 Å². The van der Waals surface area contributed by atoms with Gasteiger partial charge in [0.1, 0.15) is 23.7 Å². The molecule has 0 saturated carbocycles. The van der Waals surface area contributed by atoms with Crippen LogP contribution in [-0.2, 0) is 22.9 Å². The van der Waals surface area contributed by atoms with Crippen LogP contribution in [0.3, 0.4) is 0 Å². The van der Waals surface area contributed by atoms with Crippen molar-refractivity contribution in [2.24, 2.45) is 0 Å². The fraction of sp³-hybridized carbons (Fsp3) is 0.148. The number of hydrogen-bond donors (Lipinski definition) is 2. The van der Waals surface area contributed by atoms with Crippen LogP contribution in [0.2, 0.25) is 0 Å². The Bertz CT molecular complexity index is 1580. The number of anilines is 2. The molecule has 0 saturated heterocycles. The lowest BCUT2D eigenvalue weighted by atomic mass is 10.1. The Morgan fingerprint density at radius 1 is 0.944 bits per heavy atom. The monoisotopic (exact) mass is 499 g/mol. The molecule has 0 unspecified atom stereocenters. The fourth-order valence-electron chi connectivity index (χ4n) is 3.81. The number of fused-ring (bicyclic) bond motifs is 1. The number of ether oxygens (including phenoxy) is 1. The number of para-hydroxylation sites is 1. The molecular weight excluding hydrogens is 474 g/mol. The molecule has 182 valence electrons. The number of H-pyrrole nitrogens is 1. The van der Waals surface area contributed by atoms with Crippen LogP contribution in [0, 0.1) is 0 Å². The number of aromatic nitrogens is 4. The summed E-state index contributed by atoms with van der Waals surface area (Å²) in [5.41, 5.74) is 3.82. The van der Waals surface area contributed by atoms with Crippen molar-refractivity contribution in [1.82, 2.24) is 19.9 Å². The van der Waals surface area contributed by atoms with Gasteiger partial charge in [-0.3, -0.25) is 4.98 Å². The van der Waals surface area contributed by atoms with Gasteiger partial charge in [0.25, 0.3) is 0 Å². The second kappa shape index (κ2) is 10.2. The minimum Gasteiger partial charge on any atom is -0.487 e. The molecular formula is C27H25N5O3S. The Kier molecular flexibility index (Phi) is 6.64. The second-order valence-corrected chi connectivity index (χ2v) is 10.4. The van der Waals surface area contributed by atoms with Crippen LogP contribution in [0.4, 0.5) is 11.5 Å². The first-order valence-electron chi connectivity index (χ1n) is 11.6. The van der Waals surface area contributed by atoms with Crippen LogP contribution in [0.1, 0.15) is 24.0 Å². The lowest BCUT2D eigenvalue weighted by Gasteiger charge is -2.13. The smallest absolute Gasteiger partial charge is 0.180 e. The van der Waals surface area contributed by atoms with Crippen LogP contribution in [-0.4, -0.2) is 34.1 Å². The zero-order valence-electron chi connectivity index (χ0n) is 19.7. The Labute approximate surface area is 209 Å². The van der Waals surface area contributed by atoms with Gasteiger partial charge in [0.15, 0.2) is 15.7 Å². The van der Waals surface area contributed by atoms with E-state index in [1.165, 1.54) is 0 Å². The molecule has 0 aliphatic rings. The van der Waals surface area contributed by atoms with Gasteiger partial charge >= 0.3 is 0 Å². The van der Waals surface area contributed by atoms with Gasteiger partial charge in [0, 0.05) is 18.8 Å². The quantitative estimate of drug-likeness (QED) is 0.292. The van der Waals surface area contributed by atoms with Gasteiger partial charge in [-0.2, -0.15) is 0 Å². The van der Waals surface area contributed by atoms with Crippen LogP contribution in [0.5, 0.6) is 5.75 Å². The van der Waals surface area contributed by atoms with Crippen molar-refractivity contribution in [3.8, 4) is 5.75 Å². The minimum absolute atomic E-state index is 0.0141. The molecule has 0 fully saturated rings. The van der Waals surface area contributed by atoms with Gasteiger partial charge in [-0.1, -0.05) is 37.3 Å². The largest absolute Gasteiger partial charge is 0.487 e. The van der Waals surface area contributed by atoms with Crippen molar-refractivity contribution in [2.45, 2.75) is 24.8 Å². The molecule has 8 nitrogen and oxygen atoms in total. The van der Waals surface area contributed by atoms with Gasteiger partial charge in [0.05, 0.1) is 27.5 Å². The van der Waals surface area contributed by atoms with Crippen molar-refractivity contribution < 1.29 is 13.2 Å². The summed E-state index contributed by atoms with van der Waals surface area (Å²) >= 11 is 0. The SMILES string of the molecule is CCS(=O)(=O)c1ccccc1Nc1nc(Cc2ccc(OCc3ccccn3)cc2)nc2cc[nH]c12. The summed E-state index contributed by atoms with van der Waals surface area (Å²) in [6.45, 7) is 2.03. The molecule has 36 heavy (non-hydrogen) atoms. The predicted octanol–water partition coefficient (Wildman–Crippen LogP) is 5.06. The minimum atomic E-state index is -3.41. The second-order valence-electron chi connectivity index (χ2n) is 8.18. The van der Waals surface area contributed by atoms with E-state index < -0.39 is 9.84 Å². The third-order valence-electron chi connectivity index (χ3n) is 5.71. The highest BCUT2D eigenvalue weighted by atomic mass is 32.2. The van der Waals surface area contributed by atoms with E-state index in [1.807, 2.05) is 48.5 Å². The highest BCUT2D eigenvalue weighted by Gasteiger charge is 2.18. The topological polar surface area (TPSA) is 110 Å². The number of nitrogens with one attached hydrogen (secondary N) is 2. The fourth-order valence-corrected chi connectivity index (χ4v) is 4.86. The first-order chi connectivity index (χ1) is 17.5. The number of benzene rings is 2. The summed E-state index contributed by atoms with van der Waals surface area (Å²) in [5, 5.41) is 3.22. The first kappa shape index (κ1) is 23.5. The number of aromatic amines is 1. The van der Waals surface area contributed by atoms with E-state index >= 15 is 0 Å². The average molecular weight is 500 g/mol. The molecule has 9 heteroatoms. The van der Waals surface area contributed by atoms with Crippen molar-refractivity contribution >= 4 is 32.4 Å². The summed E-state index contributed by atoms with van der Waals surface area (Å²) < 4.78 is 31.0. The molecule has 5 aromatic rings. The summed E-state index contributed by atoms with van der Waals surface area (Å²) in [6.07, 6.45) is 4.04. The Balaban J connectivity index is 1.37. The highest BCUT2D eigenvalue weighted by Crippen LogP contribution is 2.28. The zero-order valence-corrected chi connectivity index (χ0v) is 20.5. The Hall–Kier alpha value is -4.24. The Morgan fingerprint density at radius 2 is 1.75 bits per heavy atom. The molecule has 0 spiro atoms. The number of rotatable bonds is 9. The number of nitrogens with zero attached hydrogens (tertiary/aromatic N) is 3. The van der Waals surface area contributed by atoms with Crippen LogP contribution in [0.25, 0.3) is 11.0 Å². The van der Waals surface area contributed by atoms with Crippen molar-refractivity contribution in [2.75, 3.05) is 11.1 Å². The van der Waals surface area contributed by atoms with E-state index in [1.54, 1.807) is 43.6 Å². The van der Waals surface area contributed by atoms with E-state index in [2.05, 4.69) is 20.3 Å². The number of sulfone groups is 1. The lowest BCUT2D eigenvalue weighted by molar-refractivity contribution is 0.301. The molecule has 0 aliphatic heterocycles. The molecule has 2 N–H and O–H groups in total. The summed E-state index contributed by atoms with van der Waals surface area (Å²) in [5.74, 6) is 1.90. The predicted molar refractivity (Wildman–Crippen MR) is 139 cm³/mol. The first-order valence-corrected chi connectivity index (χ1v) is 13.2. The van der Waals surface area contributed by atoms with Gasteiger partial charge in [-0.05, 0) is 48.0 Å². The number of pyridine rings is 1. The van der Waals surface area contributed by atoms with E-state index in [9.17, 15) is 8.42 Å². The van der Waals surface area contributed by atoms with Crippen LogP contribution in [0.15, 0.2) is 90.1 Å². The Morgan fingerprint density at radius 3 is 2.53 bits per heavy atom. The molecule has 0 bridgehead atoms. The maximum Gasteiger partial charge on any atom is 0.180 e. The molecule has 0 radical (unpaired) electrons. The molecule has 3 aromatic heterocycles. The molecule has 0 aliphatic carbocycles. The zero-order chi connectivity index (χ0) is 25.0. The summed E-state index contributed by atoms with van der Waals surface area (Å²) in [7, 11) is -3.41. The van der Waals surface area contributed by atoms with Crippen LogP contribution < -0.4 is 10.1 Å². The molecule has 2 aromatic carbocycles. The lowest BCUT2D eigenvalue weighted by Crippen LogP contribution is -2.08. The van der Waals surface area contributed by atoms with E-state index in [0.717, 1.165) is 22.5 Å². The van der Waals surface area contributed by atoms with E-state index in [0.29, 0.717) is 35.9 Å². The number of hydrogen-bond acceptors (Lipinski definition) is 7. The summed E-state index contributed by atoms with van der Waals surface area (Å²) in [4.78, 5) is 17.1. The third kappa shape index (κ3) is 5.21. The average Bonchev–Trinajstić information content (AvgIpc) is 3.38. The van der Waals surface area contributed by atoms with E-state index in [-0.39, 0.29) is 10.6 Å². The summed E-state index contributed by atoms with van der Waals surface area (Å²) in [6, 6.07) is 22.2. The molecule has 5 rings (SSSR count). The standard InChI is InChI=1S/C27H25N5O3S/c1-2-36(33,34)24-9-4-3-8-22(24)31-27-26-23(14-16-29-26)30-25(32-27)17-19-10-12-21(13-11-19)35-18-20-7-5-6-15-28-20/h3-16,29H,2,17-18H2,1H3,(H,30,31,32). The van der Waals surface area contributed by atoms with Crippen molar-refractivity contribution in [1.29, 1.82) is 0 Å². The van der Waals surface area contributed by atoms with Crippen LogP contribution >= 0.6 is 0 Å². The van der Waals surface area contributed by atoms with Gasteiger partial charge in [0.2, 0.25) is 0 Å². The maximum atomic E-state index is 12.6. The normalized spacial score (nSPS) is 11.5. The molecule has 3 heterocycles. The highest BCUT2D eigenvalue weighted by molar-refractivity contribution is 7.91. The third-order valence-corrected chi connectivity index (χ3v) is 7.49.